The van der Waals surface area contributed by atoms with E-state index in [1.54, 1.807) is 0 Å². The van der Waals surface area contributed by atoms with Gasteiger partial charge in [-0.2, -0.15) is 0 Å². The molecule has 0 saturated carbocycles. The van der Waals surface area contributed by atoms with Gasteiger partial charge >= 0.3 is 0 Å². The Hall–Kier alpha value is -2.08. The molecule has 0 aromatic heterocycles. The third-order valence-electron chi connectivity index (χ3n) is 4.34. The molecule has 0 bridgehead atoms. The smallest absolute Gasteiger partial charge is 0.00900 e. The first-order valence-corrected chi connectivity index (χ1v) is 7.26. The van der Waals surface area contributed by atoms with Gasteiger partial charge in [0.15, 0.2) is 0 Å². The van der Waals surface area contributed by atoms with Gasteiger partial charge in [0.1, 0.15) is 0 Å². The normalized spacial score (nSPS) is 21.6. The van der Waals surface area contributed by atoms with Crippen molar-refractivity contribution >= 4 is 0 Å². The summed E-state index contributed by atoms with van der Waals surface area (Å²) in [6.45, 7) is 4.55. The second-order valence-corrected chi connectivity index (χ2v) is 5.56. The van der Waals surface area contributed by atoms with Crippen molar-refractivity contribution < 1.29 is 0 Å². The molecule has 2 unspecified atom stereocenters. The molecule has 2 atom stereocenters. The minimum absolute atomic E-state index is 0.469. The zero-order valence-electron chi connectivity index (χ0n) is 12.1. The summed E-state index contributed by atoms with van der Waals surface area (Å²) in [4.78, 5) is 0. The molecule has 2 aromatic carbocycles. The molecule has 0 N–H and O–H groups in total. The zero-order valence-corrected chi connectivity index (χ0v) is 12.1. The Bertz CT molecular complexity index is 647. The minimum Gasteiger partial charge on any atom is -0.0764 e. The number of rotatable bonds is 2. The van der Waals surface area contributed by atoms with Crippen molar-refractivity contribution in [1.82, 2.24) is 0 Å². The van der Waals surface area contributed by atoms with Crippen molar-refractivity contribution in [2.45, 2.75) is 19.8 Å². The fraction of sp³-hybridized carbons (Fsp3) is 0.200. The summed E-state index contributed by atoms with van der Waals surface area (Å²) in [6.07, 6.45) is 6.76. The van der Waals surface area contributed by atoms with E-state index in [-0.39, 0.29) is 0 Å². The lowest BCUT2D eigenvalue weighted by atomic mass is 9.77. The molecule has 2 aromatic rings. The van der Waals surface area contributed by atoms with Crippen LogP contribution >= 0.6 is 0 Å². The van der Waals surface area contributed by atoms with Gasteiger partial charge in [0, 0.05) is 5.92 Å². The van der Waals surface area contributed by atoms with Gasteiger partial charge in [0.2, 0.25) is 0 Å². The molecule has 0 fully saturated rings. The van der Waals surface area contributed by atoms with Crippen molar-refractivity contribution in [3.63, 3.8) is 0 Å². The van der Waals surface area contributed by atoms with Crippen LogP contribution in [0.4, 0.5) is 0 Å². The molecule has 0 heteroatoms. The van der Waals surface area contributed by atoms with Crippen molar-refractivity contribution in [2.75, 3.05) is 0 Å². The van der Waals surface area contributed by atoms with Crippen LogP contribution in [0.3, 0.4) is 0 Å². The summed E-state index contributed by atoms with van der Waals surface area (Å²) in [5.41, 5.74) is 5.54. The van der Waals surface area contributed by atoms with E-state index in [1.807, 2.05) is 0 Å². The minimum atomic E-state index is 0.469. The first kappa shape index (κ1) is 12.9. The highest BCUT2D eigenvalue weighted by Crippen LogP contribution is 2.38. The molecule has 1 aliphatic carbocycles. The summed E-state index contributed by atoms with van der Waals surface area (Å²) >= 11 is 0. The quantitative estimate of drug-likeness (QED) is 0.660. The van der Waals surface area contributed by atoms with E-state index in [0.29, 0.717) is 11.8 Å². The van der Waals surface area contributed by atoms with E-state index in [0.717, 1.165) is 0 Å². The summed E-state index contributed by atoms with van der Waals surface area (Å²) in [6, 6.07) is 19.5. The molecule has 0 radical (unpaired) electrons. The highest BCUT2D eigenvalue weighted by Gasteiger charge is 2.22. The van der Waals surface area contributed by atoms with Crippen LogP contribution in [0.15, 0.2) is 78.4 Å². The Labute approximate surface area is 121 Å². The summed E-state index contributed by atoms with van der Waals surface area (Å²) in [7, 11) is 0. The average Bonchev–Trinajstić information content (AvgIpc) is 2.51. The van der Waals surface area contributed by atoms with Gasteiger partial charge in [-0.1, -0.05) is 85.3 Å². The largest absolute Gasteiger partial charge is 0.0764 e. The maximum atomic E-state index is 2.33. The molecule has 100 valence electrons. The molecule has 0 aliphatic heterocycles. The predicted molar refractivity (Wildman–Crippen MR) is 86.7 cm³/mol. The van der Waals surface area contributed by atoms with Gasteiger partial charge in [0.05, 0.1) is 0 Å². The van der Waals surface area contributed by atoms with E-state index >= 15 is 0 Å². The van der Waals surface area contributed by atoms with Gasteiger partial charge in [-0.05, 0) is 29.5 Å². The number of hydrogen-bond acceptors (Lipinski definition) is 0. The highest BCUT2D eigenvalue weighted by atomic mass is 14.3. The van der Waals surface area contributed by atoms with E-state index in [1.165, 1.54) is 22.3 Å². The van der Waals surface area contributed by atoms with Crippen molar-refractivity contribution in [3.8, 4) is 11.1 Å². The molecule has 0 heterocycles. The first-order valence-electron chi connectivity index (χ1n) is 7.26. The number of allylic oxidation sites excluding steroid dienone is 4. The molecule has 20 heavy (non-hydrogen) atoms. The molecule has 1 aliphatic rings. The highest BCUT2D eigenvalue weighted by molar-refractivity contribution is 5.68. The molecule has 0 spiro atoms. The second kappa shape index (κ2) is 5.50. The fourth-order valence-electron chi connectivity index (χ4n) is 2.97. The molecular weight excluding hydrogens is 240 g/mol. The Morgan fingerprint density at radius 2 is 1.55 bits per heavy atom. The summed E-state index contributed by atoms with van der Waals surface area (Å²) in [5.74, 6) is 1.03. The van der Waals surface area contributed by atoms with Gasteiger partial charge in [-0.3, -0.25) is 0 Å². The number of benzene rings is 2. The Morgan fingerprint density at radius 3 is 2.35 bits per heavy atom. The number of hydrogen-bond donors (Lipinski definition) is 0. The molecule has 0 amide bonds. The van der Waals surface area contributed by atoms with Gasteiger partial charge in [-0.15, -0.1) is 0 Å². The standard InChI is InChI=1S/C20H20/c1-15-9-8-14-18(16(15)2)20-13-7-6-12-19(20)17-10-4-3-5-11-17/h3-14,16,18H,1-2H3. The Morgan fingerprint density at radius 1 is 0.850 bits per heavy atom. The van der Waals surface area contributed by atoms with Crippen LogP contribution in [0.2, 0.25) is 0 Å². The van der Waals surface area contributed by atoms with E-state index in [9.17, 15) is 0 Å². The van der Waals surface area contributed by atoms with Crippen molar-refractivity contribution in [3.05, 3.63) is 84.0 Å². The van der Waals surface area contributed by atoms with Gasteiger partial charge in [0.25, 0.3) is 0 Å². The maximum Gasteiger partial charge on any atom is 0.00900 e. The van der Waals surface area contributed by atoms with Crippen LogP contribution in [-0.4, -0.2) is 0 Å². The maximum absolute atomic E-state index is 2.33. The van der Waals surface area contributed by atoms with Crippen LogP contribution < -0.4 is 0 Å². The topological polar surface area (TPSA) is 0 Å². The van der Waals surface area contributed by atoms with Crippen LogP contribution in [0, 0.1) is 5.92 Å². The molecular formula is C20H20. The lowest BCUT2D eigenvalue weighted by molar-refractivity contribution is 0.599. The summed E-state index contributed by atoms with van der Waals surface area (Å²) < 4.78 is 0. The second-order valence-electron chi connectivity index (χ2n) is 5.56. The summed E-state index contributed by atoms with van der Waals surface area (Å²) in [5, 5.41) is 0. The zero-order chi connectivity index (χ0) is 13.9. The Kier molecular flexibility index (Phi) is 3.56. The fourth-order valence-corrected chi connectivity index (χ4v) is 2.97. The molecule has 3 rings (SSSR count). The van der Waals surface area contributed by atoms with Crippen LogP contribution in [-0.2, 0) is 0 Å². The van der Waals surface area contributed by atoms with Crippen LogP contribution in [0.25, 0.3) is 11.1 Å². The van der Waals surface area contributed by atoms with Gasteiger partial charge in [-0.25, -0.2) is 0 Å². The van der Waals surface area contributed by atoms with E-state index < -0.39 is 0 Å². The monoisotopic (exact) mass is 260 g/mol. The van der Waals surface area contributed by atoms with Gasteiger partial charge < -0.3 is 0 Å². The van der Waals surface area contributed by atoms with Crippen LogP contribution in [0.1, 0.15) is 25.3 Å². The van der Waals surface area contributed by atoms with Crippen molar-refractivity contribution in [1.29, 1.82) is 0 Å². The third kappa shape index (κ3) is 2.34. The van der Waals surface area contributed by atoms with E-state index in [2.05, 4.69) is 86.7 Å². The third-order valence-corrected chi connectivity index (χ3v) is 4.34. The predicted octanol–water partition coefficient (Wildman–Crippen LogP) is 5.59. The van der Waals surface area contributed by atoms with E-state index in [4.69, 9.17) is 0 Å². The lowest BCUT2D eigenvalue weighted by Crippen LogP contribution is -2.12. The Balaban J connectivity index is 2.08. The molecule has 0 saturated heterocycles. The molecule has 0 nitrogen and oxygen atoms in total. The van der Waals surface area contributed by atoms with Crippen LogP contribution in [0.5, 0.6) is 0 Å². The van der Waals surface area contributed by atoms with Crippen molar-refractivity contribution in [2.24, 2.45) is 5.92 Å². The SMILES string of the molecule is CC1=CC=CC(c2ccccc2-c2ccccc2)C1C. The first-order chi connectivity index (χ1) is 9.77. The average molecular weight is 260 g/mol. The lowest BCUT2D eigenvalue weighted by Gasteiger charge is -2.27.